The van der Waals surface area contributed by atoms with Gasteiger partial charge in [0.25, 0.3) is 0 Å². The minimum absolute atomic E-state index is 0.0133. The van der Waals surface area contributed by atoms with Crippen molar-refractivity contribution in [3.8, 4) is 0 Å². The third-order valence-corrected chi connectivity index (χ3v) is 4.04. The van der Waals surface area contributed by atoms with Crippen molar-refractivity contribution in [2.24, 2.45) is 11.8 Å². The monoisotopic (exact) mass is 254 g/mol. The molecule has 0 radical (unpaired) electrons. The van der Waals surface area contributed by atoms with Gasteiger partial charge in [0.15, 0.2) is 0 Å². The number of nitrogens with one attached hydrogen (secondary N) is 1. The molecule has 4 heteroatoms. The van der Waals surface area contributed by atoms with E-state index in [1.165, 1.54) is 4.90 Å². The van der Waals surface area contributed by atoms with Crippen LogP contribution < -0.4 is 5.32 Å². The van der Waals surface area contributed by atoms with Crippen molar-refractivity contribution in [2.75, 3.05) is 6.54 Å². The van der Waals surface area contributed by atoms with E-state index < -0.39 is 0 Å². The third kappa shape index (κ3) is 3.31. The summed E-state index contributed by atoms with van der Waals surface area (Å²) in [6, 6.07) is -0.299. The van der Waals surface area contributed by atoms with Gasteiger partial charge in [-0.05, 0) is 31.7 Å². The molecular formula is C14H26N2O2. The van der Waals surface area contributed by atoms with Gasteiger partial charge in [0.1, 0.15) is 0 Å². The second-order valence-corrected chi connectivity index (χ2v) is 5.75. The van der Waals surface area contributed by atoms with Gasteiger partial charge in [0.2, 0.25) is 11.8 Å². The van der Waals surface area contributed by atoms with Gasteiger partial charge in [-0.3, -0.25) is 14.5 Å². The molecule has 0 saturated carbocycles. The summed E-state index contributed by atoms with van der Waals surface area (Å²) in [5, 5.41) is 3.24. The Kier molecular flexibility index (Phi) is 5.32. The zero-order valence-corrected chi connectivity index (χ0v) is 12.2. The smallest absolute Gasteiger partial charge is 0.247 e. The Balaban J connectivity index is 2.55. The second-order valence-electron chi connectivity index (χ2n) is 5.75. The lowest BCUT2D eigenvalue weighted by Gasteiger charge is -2.22. The molecule has 2 amide bonds. The summed E-state index contributed by atoms with van der Waals surface area (Å²) >= 11 is 0. The molecule has 1 fully saturated rings. The van der Waals surface area contributed by atoms with Gasteiger partial charge in [-0.15, -0.1) is 0 Å². The molecule has 0 aliphatic carbocycles. The number of carbonyl (C=O) groups is 2. The Hall–Kier alpha value is -0.900. The number of likely N-dealkylation sites (tertiary alicyclic amines) is 1. The van der Waals surface area contributed by atoms with E-state index in [1.807, 2.05) is 13.8 Å². The molecule has 1 rings (SSSR count). The Morgan fingerprint density at radius 2 is 1.89 bits per heavy atom. The number of carbonyl (C=O) groups excluding carboxylic acids is 2. The fourth-order valence-electron chi connectivity index (χ4n) is 2.02. The van der Waals surface area contributed by atoms with Crippen LogP contribution in [0.3, 0.4) is 0 Å². The summed E-state index contributed by atoms with van der Waals surface area (Å²) in [6.07, 6.45) is 1.13. The Bertz CT molecular complexity index is 315. The van der Waals surface area contributed by atoms with Crippen LogP contribution in [0.5, 0.6) is 0 Å². The minimum Gasteiger partial charge on any atom is -0.305 e. The zero-order valence-electron chi connectivity index (χ0n) is 12.2. The molecular weight excluding hydrogens is 228 g/mol. The normalized spacial score (nSPS) is 23.9. The van der Waals surface area contributed by atoms with Crippen LogP contribution in [0.15, 0.2) is 0 Å². The average Bonchev–Trinajstić information content (AvgIpc) is 2.60. The van der Waals surface area contributed by atoms with Gasteiger partial charge < -0.3 is 5.32 Å². The predicted octanol–water partition coefficient (Wildman–Crippen LogP) is 1.79. The topological polar surface area (TPSA) is 49.4 Å². The highest BCUT2D eigenvalue weighted by molar-refractivity contribution is 6.05. The first-order chi connectivity index (χ1) is 8.38. The molecule has 18 heavy (non-hydrogen) atoms. The number of amides is 2. The molecule has 1 aliphatic heterocycles. The molecule has 1 saturated heterocycles. The van der Waals surface area contributed by atoms with Crippen molar-refractivity contribution in [3.63, 3.8) is 0 Å². The van der Waals surface area contributed by atoms with Gasteiger partial charge in [-0.1, -0.05) is 27.7 Å². The SMILES string of the molecule is CCC(C)N1C(=O)CC(NCC(C)C(C)C)C1=O. The number of hydrogen-bond acceptors (Lipinski definition) is 3. The molecule has 0 bridgehead atoms. The standard InChI is InChI=1S/C14H26N2O2/c1-6-11(5)16-13(17)7-12(14(16)18)15-8-10(4)9(2)3/h9-12,15H,6-8H2,1-5H3. The van der Waals surface area contributed by atoms with Crippen LogP contribution in [0.1, 0.15) is 47.5 Å². The molecule has 3 unspecified atom stereocenters. The van der Waals surface area contributed by atoms with Gasteiger partial charge in [0.05, 0.1) is 12.5 Å². The summed E-state index contributed by atoms with van der Waals surface area (Å²) in [5.41, 5.74) is 0. The second kappa shape index (κ2) is 6.32. The summed E-state index contributed by atoms with van der Waals surface area (Å²) in [5.74, 6) is 0.996. The maximum absolute atomic E-state index is 12.1. The molecule has 0 aromatic heterocycles. The number of hydrogen-bond donors (Lipinski definition) is 1. The van der Waals surface area contributed by atoms with Crippen LogP contribution in [0, 0.1) is 11.8 Å². The summed E-state index contributed by atoms with van der Waals surface area (Å²) in [6.45, 7) is 11.2. The molecule has 104 valence electrons. The van der Waals surface area contributed by atoms with Crippen molar-refractivity contribution in [2.45, 2.75) is 59.5 Å². The van der Waals surface area contributed by atoms with Crippen LogP contribution >= 0.6 is 0 Å². The first kappa shape index (κ1) is 15.2. The van der Waals surface area contributed by atoms with Crippen molar-refractivity contribution >= 4 is 11.8 Å². The molecule has 0 aromatic carbocycles. The van der Waals surface area contributed by atoms with E-state index in [-0.39, 0.29) is 23.9 Å². The summed E-state index contributed by atoms with van der Waals surface area (Å²) in [4.78, 5) is 25.4. The molecule has 0 spiro atoms. The quantitative estimate of drug-likeness (QED) is 0.735. The summed E-state index contributed by atoms with van der Waals surface area (Å²) in [7, 11) is 0. The van der Waals surface area contributed by atoms with E-state index in [0.29, 0.717) is 18.3 Å². The van der Waals surface area contributed by atoms with E-state index in [9.17, 15) is 9.59 Å². The lowest BCUT2D eigenvalue weighted by Crippen LogP contribution is -2.43. The first-order valence-corrected chi connectivity index (χ1v) is 6.97. The van der Waals surface area contributed by atoms with Crippen molar-refractivity contribution in [1.29, 1.82) is 0 Å². The molecule has 4 nitrogen and oxygen atoms in total. The van der Waals surface area contributed by atoms with Crippen LogP contribution in [0.2, 0.25) is 0 Å². The first-order valence-electron chi connectivity index (χ1n) is 6.97. The van der Waals surface area contributed by atoms with Gasteiger partial charge in [0, 0.05) is 6.04 Å². The van der Waals surface area contributed by atoms with Crippen LogP contribution in [0.25, 0.3) is 0 Å². The lowest BCUT2D eigenvalue weighted by molar-refractivity contribution is -0.141. The highest BCUT2D eigenvalue weighted by Crippen LogP contribution is 2.18. The number of imide groups is 1. The minimum atomic E-state index is -0.312. The van der Waals surface area contributed by atoms with E-state index >= 15 is 0 Å². The molecule has 1 heterocycles. The Labute approximate surface area is 110 Å². The molecule has 1 N–H and O–H groups in total. The maximum atomic E-state index is 12.1. The van der Waals surface area contributed by atoms with Crippen LogP contribution in [-0.4, -0.2) is 35.3 Å². The van der Waals surface area contributed by atoms with Crippen molar-refractivity contribution in [1.82, 2.24) is 10.2 Å². The average molecular weight is 254 g/mol. The van der Waals surface area contributed by atoms with Gasteiger partial charge in [-0.2, -0.15) is 0 Å². The third-order valence-electron chi connectivity index (χ3n) is 4.04. The van der Waals surface area contributed by atoms with Crippen LogP contribution in [-0.2, 0) is 9.59 Å². The number of rotatable bonds is 6. The predicted molar refractivity (Wildman–Crippen MR) is 72.0 cm³/mol. The number of nitrogens with zero attached hydrogens (tertiary/aromatic N) is 1. The van der Waals surface area contributed by atoms with Crippen LogP contribution in [0.4, 0.5) is 0 Å². The molecule has 3 atom stereocenters. The van der Waals surface area contributed by atoms with E-state index in [2.05, 4.69) is 26.1 Å². The zero-order chi connectivity index (χ0) is 13.9. The van der Waals surface area contributed by atoms with Gasteiger partial charge in [-0.25, -0.2) is 0 Å². The molecule has 1 aliphatic rings. The maximum Gasteiger partial charge on any atom is 0.247 e. The molecule has 0 aromatic rings. The van der Waals surface area contributed by atoms with Crippen molar-refractivity contribution in [3.05, 3.63) is 0 Å². The fourth-order valence-corrected chi connectivity index (χ4v) is 2.02. The highest BCUT2D eigenvalue weighted by atomic mass is 16.2. The summed E-state index contributed by atoms with van der Waals surface area (Å²) < 4.78 is 0. The van der Waals surface area contributed by atoms with E-state index in [0.717, 1.165) is 13.0 Å². The fraction of sp³-hybridized carbons (Fsp3) is 0.857. The highest BCUT2D eigenvalue weighted by Gasteiger charge is 2.40. The lowest BCUT2D eigenvalue weighted by atomic mass is 9.98. The van der Waals surface area contributed by atoms with Gasteiger partial charge >= 0.3 is 0 Å². The Morgan fingerprint density at radius 3 is 2.39 bits per heavy atom. The largest absolute Gasteiger partial charge is 0.305 e. The van der Waals surface area contributed by atoms with E-state index in [1.54, 1.807) is 0 Å². The Morgan fingerprint density at radius 1 is 1.28 bits per heavy atom. The van der Waals surface area contributed by atoms with E-state index in [4.69, 9.17) is 0 Å². The van der Waals surface area contributed by atoms with Crippen molar-refractivity contribution < 1.29 is 9.59 Å².